The van der Waals surface area contributed by atoms with Crippen LogP contribution in [0.15, 0.2) is 35.1 Å². The summed E-state index contributed by atoms with van der Waals surface area (Å²) in [5, 5.41) is 3.46. The van der Waals surface area contributed by atoms with Crippen molar-refractivity contribution in [1.29, 1.82) is 0 Å². The summed E-state index contributed by atoms with van der Waals surface area (Å²) in [6.07, 6.45) is 2.88. The van der Waals surface area contributed by atoms with Crippen molar-refractivity contribution in [3.05, 3.63) is 44.8 Å². The van der Waals surface area contributed by atoms with E-state index in [9.17, 15) is 0 Å². The lowest BCUT2D eigenvalue weighted by Crippen LogP contribution is -2.05. The van der Waals surface area contributed by atoms with Crippen LogP contribution in [0.2, 0.25) is 0 Å². The molecule has 0 amide bonds. The molecule has 0 aliphatic rings. The Bertz CT molecular complexity index is 496. The van der Waals surface area contributed by atoms with Crippen LogP contribution in [-0.4, -0.2) is 4.98 Å². The number of nitrogens with one attached hydrogen (secondary N) is 1. The van der Waals surface area contributed by atoms with E-state index in [-0.39, 0.29) is 0 Å². The Morgan fingerprint density at radius 3 is 2.88 bits per heavy atom. The molecule has 17 heavy (non-hydrogen) atoms. The molecular weight excluding hydrogens is 296 g/mol. The lowest BCUT2D eigenvalue weighted by Gasteiger charge is -2.14. The van der Waals surface area contributed by atoms with Gasteiger partial charge in [0.2, 0.25) is 0 Å². The average Bonchev–Trinajstić information content (AvgIpc) is 2.81. The fraction of sp³-hybridized carbons (Fsp3) is 0.308. The van der Waals surface area contributed by atoms with E-state index >= 15 is 0 Å². The number of aryl methyl sites for hydroxylation is 1. The summed E-state index contributed by atoms with van der Waals surface area (Å²) in [5.74, 6) is 0. The maximum atomic E-state index is 4.20. The molecule has 2 aromatic heterocycles. The second-order valence-corrected chi connectivity index (χ2v) is 5.82. The van der Waals surface area contributed by atoms with Gasteiger partial charge in [0.15, 0.2) is 0 Å². The highest BCUT2D eigenvalue weighted by atomic mass is 79.9. The van der Waals surface area contributed by atoms with Crippen molar-refractivity contribution in [3.63, 3.8) is 0 Å². The molecule has 0 aliphatic heterocycles. The molecule has 0 saturated carbocycles. The van der Waals surface area contributed by atoms with Crippen molar-refractivity contribution < 1.29 is 0 Å². The van der Waals surface area contributed by atoms with Crippen molar-refractivity contribution in [1.82, 2.24) is 4.98 Å². The van der Waals surface area contributed by atoms with Crippen LogP contribution in [0.25, 0.3) is 0 Å². The molecular formula is C13H15BrN2S. The molecule has 2 aromatic rings. The van der Waals surface area contributed by atoms with Gasteiger partial charge < -0.3 is 5.32 Å². The van der Waals surface area contributed by atoms with Gasteiger partial charge in [0, 0.05) is 16.0 Å². The number of hydrogen-bond donors (Lipinski definition) is 1. The summed E-state index contributed by atoms with van der Waals surface area (Å²) in [6.45, 7) is 4.36. The SMILES string of the molecule is CCc1ccc(C(C)Nc2cccnc2Br)s1. The van der Waals surface area contributed by atoms with Crippen molar-refractivity contribution in [2.45, 2.75) is 26.3 Å². The maximum Gasteiger partial charge on any atom is 0.129 e. The van der Waals surface area contributed by atoms with Gasteiger partial charge >= 0.3 is 0 Å². The molecule has 0 saturated heterocycles. The van der Waals surface area contributed by atoms with E-state index in [1.165, 1.54) is 9.75 Å². The molecule has 0 spiro atoms. The molecule has 0 bridgehead atoms. The van der Waals surface area contributed by atoms with Crippen LogP contribution < -0.4 is 5.32 Å². The molecule has 1 unspecified atom stereocenters. The smallest absolute Gasteiger partial charge is 0.129 e. The molecule has 90 valence electrons. The first-order valence-corrected chi connectivity index (χ1v) is 7.27. The standard InChI is InChI=1S/C13H15BrN2S/c1-3-10-6-7-12(17-10)9(2)16-11-5-4-8-15-13(11)14/h4-9,16H,3H2,1-2H3. The topological polar surface area (TPSA) is 24.9 Å². The quantitative estimate of drug-likeness (QED) is 0.832. The Morgan fingerprint density at radius 1 is 1.41 bits per heavy atom. The van der Waals surface area contributed by atoms with Gasteiger partial charge in [-0.1, -0.05) is 6.92 Å². The van der Waals surface area contributed by atoms with E-state index in [4.69, 9.17) is 0 Å². The van der Waals surface area contributed by atoms with Crippen LogP contribution in [0.5, 0.6) is 0 Å². The Morgan fingerprint density at radius 2 is 2.24 bits per heavy atom. The molecule has 0 fully saturated rings. The molecule has 1 N–H and O–H groups in total. The van der Waals surface area contributed by atoms with E-state index < -0.39 is 0 Å². The summed E-state index contributed by atoms with van der Waals surface area (Å²) >= 11 is 5.31. The molecule has 0 aromatic carbocycles. The average molecular weight is 311 g/mol. The largest absolute Gasteiger partial charge is 0.376 e. The first-order chi connectivity index (χ1) is 8.20. The number of pyridine rings is 1. The van der Waals surface area contributed by atoms with Crippen LogP contribution in [0.4, 0.5) is 5.69 Å². The fourth-order valence-corrected chi connectivity index (χ4v) is 2.94. The maximum absolute atomic E-state index is 4.20. The highest BCUT2D eigenvalue weighted by Crippen LogP contribution is 2.28. The third-order valence-electron chi connectivity index (χ3n) is 2.59. The van der Waals surface area contributed by atoms with Crippen LogP contribution in [-0.2, 0) is 6.42 Å². The normalized spacial score (nSPS) is 12.4. The Kier molecular flexibility index (Phi) is 4.18. The van der Waals surface area contributed by atoms with Crippen molar-refractivity contribution in [3.8, 4) is 0 Å². The highest BCUT2D eigenvalue weighted by molar-refractivity contribution is 9.10. The third-order valence-corrected chi connectivity index (χ3v) is 4.63. The summed E-state index contributed by atoms with van der Waals surface area (Å²) in [4.78, 5) is 6.99. The summed E-state index contributed by atoms with van der Waals surface area (Å²) in [5.41, 5.74) is 1.03. The van der Waals surface area contributed by atoms with E-state index in [0.29, 0.717) is 6.04 Å². The first kappa shape index (κ1) is 12.6. The number of nitrogens with zero attached hydrogens (tertiary/aromatic N) is 1. The second kappa shape index (κ2) is 5.65. The molecule has 2 rings (SSSR count). The van der Waals surface area contributed by atoms with Gasteiger partial charge in [0.1, 0.15) is 4.60 Å². The van der Waals surface area contributed by atoms with Gasteiger partial charge in [-0.2, -0.15) is 0 Å². The first-order valence-electron chi connectivity index (χ1n) is 5.66. The van der Waals surface area contributed by atoms with Gasteiger partial charge in [0.05, 0.1) is 11.7 Å². The van der Waals surface area contributed by atoms with Gasteiger partial charge in [-0.25, -0.2) is 4.98 Å². The number of thiophene rings is 1. The van der Waals surface area contributed by atoms with Crippen molar-refractivity contribution >= 4 is 33.0 Å². The van der Waals surface area contributed by atoms with E-state index in [2.05, 4.69) is 52.2 Å². The highest BCUT2D eigenvalue weighted by Gasteiger charge is 2.09. The number of hydrogen-bond acceptors (Lipinski definition) is 3. The zero-order chi connectivity index (χ0) is 12.3. The van der Waals surface area contributed by atoms with Gasteiger partial charge in [-0.3, -0.25) is 0 Å². The Labute approximate surface area is 114 Å². The minimum Gasteiger partial charge on any atom is -0.376 e. The summed E-state index contributed by atoms with van der Waals surface area (Å²) in [7, 11) is 0. The van der Waals surface area contributed by atoms with Crippen molar-refractivity contribution in [2.24, 2.45) is 0 Å². The monoisotopic (exact) mass is 310 g/mol. The van der Waals surface area contributed by atoms with Gasteiger partial charge in [-0.15, -0.1) is 11.3 Å². The third kappa shape index (κ3) is 3.07. The van der Waals surface area contributed by atoms with Gasteiger partial charge in [-0.05, 0) is 53.5 Å². The summed E-state index contributed by atoms with van der Waals surface area (Å²) in [6, 6.07) is 8.68. The van der Waals surface area contributed by atoms with E-state index in [0.717, 1.165) is 16.7 Å². The van der Waals surface area contributed by atoms with Gasteiger partial charge in [0.25, 0.3) is 0 Å². The molecule has 0 aliphatic carbocycles. The predicted molar refractivity (Wildman–Crippen MR) is 77.7 cm³/mol. The van der Waals surface area contributed by atoms with Crippen LogP contribution in [0, 0.1) is 0 Å². The molecule has 1 atom stereocenters. The zero-order valence-electron chi connectivity index (χ0n) is 9.90. The number of aromatic nitrogens is 1. The minimum atomic E-state index is 0.306. The minimum absolute atomic E-state index is 0.306. The second-order valence-electron chi connectivity index (χ2n) is 3.87. The van der Waals surface area contributed by atoms with Crippen LogP contribution in [0.1, 0.15) is 29.6 Å². The fourth-order valence-electron chi connectivity index (χ4n) is 1.62. The number of rotatable bonds is 4. The summed E-state index contributed by atoms with van der Waals surface area (Å²) < 4.78 is 0.860. The number of anilines is 1. The van der Waals surface area contributed by atoms with Crippen LogP contribution in [0.3, 0.4) is 0 Å². The molecule has 0 radical (unpaired) electrons. The molecule has 4 heteroatoms. The lowest BCUT2D eigenvalue weighted by molar-refractivity contribution is 0.903. The lowest BCUT2D eigenvalue weighted by atomic mass is 10.2. The van der Waals surface area contributed by atoms with E-state index in [1.54, 1.807) is 6.20 Å². The molecule has 2 nitrogen and oxygen atoms in total. The predicted octanol–water partition coefficient (Wildman–Crippen LogP) is 4.64. The van der Waals surface area contributed by atoms with Crippen LogP contribution >= 0.6 is 27.3 Å². The number of halogens is 1. The van der Waals surface area contributed by atoms with E-state index in [1.807, 2.05) is 23.5 Å². The Balaban J connectivity index is 2.11. The molecule has 2 heterocycles. The van der Waals surface area contributed by atoms with Crippen molar-refractivity contribution in [2.75, 3.05) is 5.32 Å². The zero-order valence-corrected chi connectivity index (χ0v) is 12.3. The Hall–Kier alpha value is -0.870.